The average Bonchev–Trinajstić information content (AvgIpc) is 2.98. The van der Waals surface area contributed by atoms with Crippen LogP contribution in [0.1, 0.15) is 81.2 Å². The van der Waals surface area contributed by atoms with Crippen molar-refractivity contribution in [1.29, 1.82) is 0 Å². The molecule has 0 saturated carbocycles. The van der Waals surface area contributed by atoms with Gasteiger partial charge in [0.2, 0.25) is 5.91 Å². The summed E-state index contributed by atoms with van der Waals surface area (Å²) in [7, 11) is 0. The summed E-state index contributed by atoms with van der Waals surface area (Å²) >= 11 is 8.63. The molecule has 1 aromatic rings. The molecule has 0 aliphatic carbocycles. The minimum Gasteiger partial charge on any atom is -0.453 e. The summed E-state index contributed by atoms with van der Waals surface area (Å²) in [5.74, 6) is -0.0768. The van der Waals surface area contributed by atoms with E-state index >= 15 is 0 Å². The number of aliphatic hydroxyl groups is 1. The van der Waals surface area contributed by atoms with Crippen LogP contribution in [0, 0.1) is 17.3 Å². The fourth-order valence-corrected chi connectivity index (χ4v) is 8.15. The van der Waals surface area contributed by atoms with Crippen LogP contribution >= 0.6 is 35.7 Å². The fraction of sp³-hybridized carbons (Fsp3) is 0.714. The number of carbonyl (C=O) groups is 3. The lowest BCUT2D eigenvalue weighted by Gasteiger charge is -2.41. The predicted octanol–water partition coefficient (Wildman–Crippen LogP) is 6.60. The number of amides is 1. The molecule has 1 unspecified atom stereocenters. The number of carbonyl (C=O) groups excluding carboxylic acids is 3. The molecule has 0 aromatic heterocycles. The SMILES string of the molecule is CC(C)(Cc1ccccc1)CC(C(=O)N1CCOCC1)C(C)(C)SC(=S)SCCO.CC(C)O[C@@H](C)C(=O)O[C@H](C)C(=O)C(C)C. The van der Waals surface area contributed by atoms with Gasteiger partial charge in [0.05, 0.1) is 31.8 Å². The maximum atomic E-state index is 13.6. The van der Waals surface area contributed by atoms with Gasteiger partial charge >= 0.3 is 5.97 Å². The Hall–Kier alpha value is -1.50. The first kappa shape index (κ1) is 42.5. The molecule has 1 N–H and O–H groups in total. The lowest BCUT2D eigenvalue weighted by atomic mass is 9.74. The average molecular weight is 700 g/mol. The van der Waals surface area contributed by atoms with Crippen molar-refractivity contribution in [3.63, 3.8) is 0 Å². The highest BCUT2D eigenvalue weighted by Gasteiger charge is 2.42. The Morgan fingerprint density at radius 1 is 0.978 bits per heavy atom. The quantitative estimate of drug-likeness (QED) is 0.159. The van der Waals surface area contributed by atoms with Crippen LogP contribution in [0.25, 0.3) is 0 Å². The molecule has 0 spiro atoms. The number of hydrogen-bond donors (Lipinski definition) is 1. The van der Waals surface area contributed by atoms with Crippen LogP contribution in [0.2, 0.25) is 0 Å². The molecule has 262 valence electrons. The van der Waals surface area contributed by atoms with Crippen molar-refractivity contribution in [3.8, 4) is 0 Å². The van der Waals surface area contributed by atoms with Crippen molar-refractivity contribution in [2.24, 2.45) is 17.3 Å². The Morgan fingerprint density at radius 3 is 2.09 bits per heavy atom. The van der Waals surface area contributed by atoms with Crippen molar-refractivity contribution >= 4 is 56.9 Å². The van der Waals surface area contributed by atoms with Gasteiger partial charge in [0.25, 0.3) is 0 Å². The second kappa shape index (κ2) is 20.8. The Labute approximate surface area is 291 Å². The highest BCUT2D eigenvalue weighted by atomic mass is 32.2. The van der Waals surface area contributed by atoms with E-state index in [1.54, 1.807) is 39.5 Å². The second-order valence-corrected chi connectivity index (χ2v) is 17.5. The highest BCUT2D eigenvalue weighted by Crippen LogP contribution is 2.44. The molecule has 1 aliphatic heterocycles. The largest absolute Gasteiger partial charge is 0.453 e. The standard InChI is InChI=1S/C23H35NO3S3.C12H22O4/c1-22(2,16-18-8-6-5-7-9-18)17-19(20(26)24-10-13-27-14-11-24)23(3,4)30-21(28)29-15-12-25;1-7(2)11(13)9(5)16-12(14)10(6)15-8(3)4/h5-9,19,25H,10-17H2,1-4H3;7-10H,1-6H3/t;9-,10+/m.1/s1. The zero-order valence-corrected chi connectivity index (χ0v) is 31.9. The Bertz CT molecular complexity index is 1090. The van der Waals surface area contributed by atoms with E-state index in [9.17, 15) is 14.4 Å². The molecule has 8 nitrogen and oxygen atoms in total. The lowest BCUT2D eigenvalue weighted by Crippen LogP contribution is -2.49. The van der Waals surface area contributed by atoms with Gasteiger partial charge in [-0.05, 0) is 65.4 Å². The summed E-state index contributed by atoms with van der Waals surface area (Å²) in [6.45, 7) is 21.8. The summed E-state index contributed by atoms with van der Waals surface area (Å²) in [6, 6.07) is 10.5. The van der Waals surface area contributed by atoms with Crippen molar-refractivity contribution < 1.29 is 33.7 Å². The number of thioether (sulfide) groups is 2. The molecule has 1 aromatic carbocycles. The van der Waals surface area contributed by atoms with E-state index in [4.69, 9.17) is 31.5 Å². The van der Waals surface area contributed by atoms with E-state index < -0.39 is 18.2 Å². The molecule has 3 atom stereocenters. The molecule has 0 radical (unpaired) electrons. The van der Waals surface area contributed by atoms with Crippen LogP contribution in [0.15, 0.2) is 30.3 Å². The number of aliphatic hydroxyl groups excluding tert-OH is 1. The second-order valence-electron chi connectivity index (χ2n) is 13.5. The van der Waals surface area contributed by atoms with Crippen LogP contribution in [-0.4, -0.2) is 92.9 Å². The predicted molar refractivity (Wildman–Crippen MR) is 194 cm³/mol. The zero-order chi connectivity index (χ0) is 35.1. The Balaban J connectivity index is 0.000000561. The molecular formula is C35H57NO7S3. The van der Waals surface area contributed by atoms with Crippen molar-refractivity contribution in [3.05, 3.63) is 35.9 Å². The van der Waals surface area contributed by atoms with E-state index in [2.05, 4.69) is 52.0 Å². The number of nitrogens with zero attached hydrogens (tertiary/aromatic N) is 1. The van der Waals surface area contributed by atoms with E-state index in [1.807, 2.05) is 24.8 Å². The van der Waals surface area contributed by atoms with Gasteiger partial charge in [0.15, 0.2) is 18.0 Å². The van der Waals surface area contributed by atoms with Crippen LogP contribution in [0.5, 0.6) is 0 Å². The van der Waals surface area contributed by atoms with Gasteiger partial charge in [-0.2, -0.15) is 0 Å². The number of hydrogen-bond acceptors (Lipinski definition) is 10. The molecule has 2 rings (SSSR count). The van der Waals surface area contributed by atoms with Gasteiger partial charge in [0.1, 0.15) is 3.53 Å². The third-order valence-corrected chi connectivity index (χ3v) is 10.3. The number of Topliss-reactive ketones (excluding diaryl/α,β-unsaturated/α-hetero) is 1. The minimum absolute atomic E-state index is 0.0361. The summed E-state index contributed by atoms with van der Waals surface area (Å²) in [6.07, 6.45) is 0.322. The van der Waals surface area contributed by atoms with Gasteiger partial charge in [0, 0.05) is 29.5 Å². The van der Waals surface area contributed by atoms with E-state index in [1.165, 1.54) is 17.3 Å². The number of esters is 1. The minimum atomic E-state index is -0.703. The summed E-state index contributed by atoms with van der Waals surface area (Å²) in [5.41, 5.74) is 1.26. The number of ketones is 1. The van der Waals surface area contributed by atoms with Gasteiger partial charge in [-0.1, -0.05) is 70.2 Å². The van der Waals surface area contributed by atoms with Crippen LogP contribution in [0.4, 0.5) is 0 Å². The van der Waals surface area contributed by atoms with E-state index in [-0.39, 0.29) is 46.4 Å². The fourth-order valence-electron chi connectivity index (χ4n) is 5.11. The number of thiocarbonyl (C=S) groups is 1. The smallest absolute Gasteiger partial charge is 0.335 e. The molecule has 0 bridgehead atoms. The molecule has 1 aliphatic rings. The van der Waals surface area contributed by atoms with Crippen LogP contribution in [0.3, 0.4) is 0 Å². The summed E-state index contributed by atoms with van der Waals surface area (Å²) in [4.78, 5) is 38.6. The van der Waals surface area contributed by atoms with Crippen molar-refractivity contribution in [2.45, 2.75) is 105 Å². The Morgan fingerprint density at radius 2 is 1.57 bits per heavy atom. The first-order chi connectivity index (χ1) is 21.4. The molecule has 1 saturated heterocycles. The van der Waals surface area contributed by atoms with Gasteiger partial charge in [-0.15, -0.1) is 23.5 Å². The number of benzene rings is 1. The zero-order valence-electron chi connectivity index (χ0n) is 29.5. The maximum absolute atomic E-state index is 13.6. The van der Waals surface area contributed by atoms with Gasteiger partial charge in [-0.3, -0.25) is 9.59 Å². The first-order valence-corrected chi connectivity index (χ1v) is 18.4. The summed E-state index contributed by atoms with van der Waals surface area (Å²) in [5, 5.41) is 9.11. The lowest BCUT2D eigenvalue weighted by molar-refractivity contribution is -0.167. The first-order valence-electron chi connectivity index (χ1n) is 16.2. The molecule has 1 fully saturated rings. The third-order valence-electron chi connectivity index (χ3n) is 7.47. The topological polar surface area (TPSA) is 102 Å². The van der Waals surface area contributed by atoms with Crippen LogP contribution < -0.4 is 0 Å². The monoisotopic (exact) mass is 699 g/mol. The van der Waals surface area contributed by atoms with Gasteiger partial charge < -0.3 is 24.2 Å². The molecule has 46 heavy (non-hydrogen) atoms. The normalized spacial score (nSPS) is 15.9. The third kappa shape index (κ3) is 16.1. The van der Waals surface area contributed by atoms with Crippen LogP contribution in [-0.2, 0) is 35.0 Å². The summed E-state index contributed by atoms with van der Waals surface area (Å²) < 4.78 is 16.2. The molecule has 1 amide bonds. The number of ether oxygens (including phenoxy) is 3. The van der Waals surface area contributed by atoms with Gasteiger partial charge in [-0.25, -0.2) is 4.79 Å². The molecule has 1 heterocycles. The Kier molecular flexibility index (Phi) is 19.2. The number of morpholine rings is 1. The number of rotatable bonds is 15. The van der Waals surface area contributed by atoms with Crippen molar-refractivity contribution in [1.82, 2.24) is 4.90 Å². The van der Waals surface area contributed by atoms with E-state index in [0.29, 0.717) is 32.1 Å². The highest BCUT2D eigenvalue weighted by molar-refractivity contribution is 8.47. The van der Waals surface area contributed by atoms with E-state index in [0.717, 1.165) is 16.4 Å². The molecule has 11 heteroatoms. The maximum Gasteiger partial charge on any atom is 0.335 e. The molecular weight excluding hydrogens is 643 g/mol. The van der Waals surface area contributed by atoms with Crippen molar-refractivity contribution in [2.75, 3.05) is 38.7 Å².